The van der Waals surface area contributed by atoms with E-state index in [4.69, 9.17) is 0 Å². The molecule has 2 aliphatic carbocycles. The zero-order chi connectivity index (χ0) is 20.9. The smallest absolute Gasteiger partial charge is 0.0481 e. The molecular formula is C25H54Si2. The maximum absolute atomic E-state index is 2.60. The van der Waals surface area contributed by atoms with Gasteiger partial charge in [-0.05, 0) is 22.7 Å². The molecule has 2 aliphatic rings. The maximum atomic E-state index is 2.60. The van der Waals surface area contributed by atoms with Gasteiger partial charge >= 0.3 is 0 Å². The molecule has 0 aromatic carbocycles. The van der Waals surface area contributed by atoms with Crippen molar-refractivity contribution >= 4 is 16.1 Å². The first-order valence-electron chi connectivity index (χ1n) is 12.1. The van der Waals surface area contributed by atoms with Crippen LogP contribution in [-0.4, -0.2) is 16.1 Å². The van der Waals surface area contributed by atoms with Gasteiger partial charge in [-0.25, -0.2) is 0 Å². The van der Waals surface area contributed by atoms with Crippen molar-refractivity contribution in [2.45, 2.75) is 137 Å². The Morgan fingerprint density at radius 3 is 1.19 bits per heavy atom. The van der Waals surface area contributed by atoms with E-state index in [9.17, 15) is 0 Å². The SMILES string of the molecule is CC(C)(C)C[Si](C)(C)CC1CC1.CC(C)(C)C[Si](C)(C)CC1CCCCC1. The van der Waals surface area contributed by atoms with Gasteiger partial charge in [0.15, 0.2) is 0 Å². The highest BCUT2D eigenvalue weighted by atomic mass is 28.3. The van der Waals surface area contributed by atoms with E-state index in [1.54, 1.807) is 12.1 Å². The van der Waals surface area contributed by atoms with E-state index in [2.05, 4.69) is 67.7 Å². The highest BCUT2D eigenvalue weighted by molar-refractivity contribution is 6.78. The Balaban J connectivity index is 0.000000277. The van der Waals surface area contributed by atoms with Gasteiger partial charge in [0.05, 0.1) is 0 Å². The summed E-state index contributed by atoms with van der Waals surface area (Å²) in [7, 11) is -1.77. The van der Waals surface area contributed by atoms with Crippen molar-refractivity contribution in [1.29, 1.82) is 0 Å². The van der Waals surface area contributed by atoms with Gasteiger partial charge in [0.25, 0.3) is 0 Å². The lowest BCUT2D eigenvalue weighted by Gasteiger charge is -2.35. The third kappa shape index (κ3) is 14.1. The van der Waals surface area contributed by atoms with E-state index < -0.39 is 16.1 Å². The van der Waals surface area contributed by atoms with Crippen molar-refractivity contribution in [1.82, 2.24) is 0 Å². The Labute approximate surface area is 175 Å². The second-order valence-electron chi connectivity index (χ2n) is 14.2. The fourth-order valence-electron chi connectivity index (χ4n) is 6.29. The molecule has 162 valence electrons. The Bertz CT molecular complexity index is 413. The summed E-state index contributed by atoms with van der Waals surface area (Å²) in [4.78, 5) is 0. The van der Waals surface area contributed by atoms with E-state index in [0.717, 1.165) is 11.8 Å². The van der Waals surface area contributed by atoms with E-state index in [1.807, 2.05) is 0 Å². The van der Waals surface area contributed by atoms with Crippen LogP contribution in [0.4, 0.5) is 0 Å². The molecule has 0 bridgehead atoms. The second kappa shape index (κ2) is 9.96. The third-order valence-electron chi connectivity index (χ3n) is 6.12. The van der Waals surface area contributed by atoms with Gasteiger partial charge in [-0.15, -0.1) is 0 Å². The molecule has 0 amide bonds. The van der Waals surface area contributed by atoms with Gasteiger partial charge in [0.2, 0.25) is 0 Å². The Morgan fingerprint density at radius 1 is 0.556 bits per heavy atom. The standard InChI is InChI=1S/C14H30Si.C11H24Si/c1-14(2,3)12-15(4,5)11-13-9-7-6-8-10-13;1-11(2,3)9-12(4,5)8-10-6-7-10/h13H,6-12H2,1-5H3;10H,6-9H2,1-5H3. The van der Waals surface area contributed by atoms with Gasteiger partial charge in [-0.1, -0.05) is 137 Å². The summed E-state index contributed by atoms with van der Waals surface area (Å²) in [5, 5.41) is 0. The summed E-state index contributed by atoms with van der Waals surface area (Å²) in [5.74, 6) is 2.22. The Morgan fingerprint density at radius 2 is 0.889 bits per heavy atom. The van der Waals surface area contributed by atoms with Gasteiger partial charge in [-0.3, -0.25) is 0 Å². The quantitative estimate of drug-likeness (QED) is 0.382. The molecule has 0 unspecified atom stereocenters. The number of rotatable bonds is 6. The van der Waals surface area contributed by atoms with Crippen LogP contribution in [0.3, 0.4) is 0 Å². The van der Waals surface area contributed by atoms with Crippen molar-refractivity contribution < 1.29 is 0 Å². The normalized spacial score (nSPS) is 20.2. The summed E-state index contributed by atoms with van der Waals surface area (Å²) in [5.41, 5.74) is 1.11. The average Bonchev–Trinajstić information content (AvgIpc) is 3.17. The number of hydrogen-bond acceptors (Lipinski definition) is 0. The van der Waals surface area contributed by atoms with E-state index in [0.29, 0.717) is 10.8 Å². The van der Waals surface area contributed by atoms with Crippen LogP contribution in [-0.2, 0) is 0 Å². The van der Waals surface area contributed by atoms with Crippen LogP contribution in [0, 0.1) is 22.7 Å². The van der Waals surface area contributed by atoms with Crippen LogP contribution in [0.25, 0.3) is 0 Å². The van der Waals surface area contributed by atoms with Crippen molar-refractivity contribution in [2.24, 2.45) is 22.7 Å². The van der Waals surface area contributed by atoms with Crippen molar-refractivity contribution in [2.75, 3.05) is 0 Å². The number of hydrogen-bond donors (Lipinski definition) is 0. The van der Waals surface area contributed by atoms with Crippen molar-refractivity contribution in [3.8, 4) is 0 Å². The van der Waals surface area contributed by atoms with Gasteiger partial charge < -0.3 is 0 Å². The predicted octanol–water partition coefficient (Wildman–Crippen LogP) is 9.47. The third-order valence-corrected chi connectivity index (χ3v) is 13.5. The maximum Gasteiger partial charge on any atom is 0.0481 e. The molecule has 0 saturated heterocycles. The van der Waals surface area contributed by atoms with Crippen LogP contribution in [0.5, 0.6) is 0 Å². The molecule has 0 aliphatic heterocycles. The summed E-state index contributed by atoms with van der Waals surface area (Å²) < 4.78 is 0. The zero-order valence-electron chi connectivity index (χ0n) is 20.9. The van der Waals surface area contributed by atoms with E-state index in [1.165, 1.54) is 57.0 Å². The minimum absolute atomic E-state index is 0.546. The first kappa shape index (κ1) is 25.5. The lowest BCUT2D eigenvalue weighted by atomic mass is 9.91. The molecule has 0 aromatic heterocycles. The van der Waals surface area contributed by atoms with Crippen LogP contribution in [0.15, 0.2) is 0 Å². The fraction of sp³-hybridized carbons (Fsp3) is 1.00. The molecular weight excluding hydrogens is 356 g/mol. The summed E-state index contributed by atoms with van der Waals surface area (Å²) in [6.45, 7) is 24.7. The summed E-state index contributed by atoms with van der Waals surface area (Å²) in [6.07, 6.45) is 10.6. The molecule has 0 aromatic rings. The lowest BCUT2D eigenvalue weighted by molar-refractivity contribution is 0.378. The second-order valence-corrected chi connectivity index (χ2v) is 24.3. The first-order valence-corrected chi connectivity index (χ1v) is 18.9. The zero-order valence-corrected chi connectivity index (χ0v) is 22.9. The molecule has 2 fully saturated rings. The lowest BCUT2D eigenvalue weighted by Crippen LogP contribution is -2.33. The molecule has 0 atom stereocenters. The minimum Gasteiger partial charge on any atom is -0.0693 e. The van der Waals surface area contributed by atoms with E-state index >= 15 is 0 Å². The largest absolute Gasteiger partial charge is 0.0693 e. The van der Waals surface area contributed by atoms with Crippen molar-refractivity contribution in [3.05, 3.63) is 0 Å². The molecule has 0 heterocycles. The highest BCUT2D eigenvalue weighted by Gasteiger charge is 2.34. The minimum atomic E-state index is -0.926. The van der Waals surface area contributed by atoms with Crippen LogP contribution in [0.2, 0.25) is 50.4 Å². The van der Waals surface area contributed by atoms with Crippen LogP contribution in [0.1, 0.15) is 86.5 Å². The van der Waals surface area contributed by atoms with Gasteiger partial charge in [0, 0.05) is 16.1 Å². The Hall–Kier alpha value is 0.434. The highest BCUT2D eigenvalue weighted by Crippen LogP contribution is 2.41. The fourth-order valence-corrected chi connectivity index (χ4v) is 16.3. The molecule has 0 nitrogen and oxygen atoms in total. The molecule has 2 rings (SSSR count). The molecule has 2 saturated carbocycles. The molecule has 2 heteroatoms. The van der Waals surface area contributed by atoms with Gasteiger partial charge in [-0.2, -0.15) is 0 Å². The molecule has 0 spiro atoms. The monoisotopic (exact) mass is 410 g/mol. The summed E-state index contributed by atoms with van der Waals surface area (Å²) >= 11 is 0. The molecule has 0 radical (unpaired) electrons. The van der Waals surface area contributed by atoms with Gasteiger partial charge in [0.1, 0.15) is 0 Å². The predicted molar refractivity (Wildman–Crippen MR) is 132 cm³/mol. The topological polar surface area (TPSA) is 0 Å². The summed E-state index contributed by atoms with van der Waals surface area (Å²) in [6, 6.07) is 6.17. The molecule has 27 heavy (non-hydrogen) atoms. The van der Waals surface area contributed by atoms with Crippen LogP contribution >= 0.6 is 0 Å². The average molecular weight is 411 g/mol. The van der Waals surface area contributed by atoms with Crippen LogP contribution < -0.4 is 0 Å². The van der Waals surface area contributed by atoms with Crippen molar-refractivity contribution in [3.63, 3.8) is 0 Å². The first-order chi connectivity index (χ1) is 12.1. The van der Waals surface area contributed by atoms with E-state index in [-0.39, 0.29) is 0 Å². The Kier molecular flexibility index (Phi) is 9.40. The molecule has 0 N–H and O–H groups in total.